The molecule has 1 atom stereocenters. The number of amides is 1. The van der Waals surface area contributed by atoms with Crippen LogP contribution in [0.4, 0.5) is 18.0 Å². The van der Waals surface area contributed by atoms with E-state index in [1.165, 1.54) is 0 Å². The van der Waals surface area contributed by atoms with E-state index in [4.69, 9.17) is 0 Å². The molecule has 1 saturated heterocycles. The number of carbonyl (C=O) groups is 2. The lowest BCUT2D eigenvalue weighted by atomic mass is 9.78. The van der Waals surface area contributed by atoms with E-state index in [0.717, 1.165) is 4.90 Å². The number of carboxylic acid groups (broad SMARTS) is 1. The summed E-state index contributed by atoms with van der Waals surface area (Å²) in [6.45, 7) is 0.119. The van der Waals surface area contributed by atoms with Crippen LogP contribution in [0, 0.1) is 5.41 Å². The van der Waals surface area contributed by atoms with E-state index >= 15 is 0 Å². The average Bonchev–Trinajstić information content (AvgIpc) is 2.34. The van der Waals surface area contributed by atoms with Crippen LogP contribution < -0.4 is 0 Å². The molecule has 1 N–H and O–H groups in total. The van der Waals surface area contributed by atoms with Crippen molar-refractivity contribution in [3.8, 4) is 0 Å². The highest BCUT2D eigenvalue weighted by Crippen LogP contribution is 2.34. The van der Waals surface area contributed by atoms with Crippen LogP contribution in [0.3, 0.4) is 0 Å². The summed E-state index contributed by atoms with van der Waals surface area (Å²) in [6.07, 6.45) is -4.55. The molecular formula is C11H16F3NO4. The maximum absolute atomic E-state index is 11.9. The van der Waals surface area contributed by atoms with Crippen LogP contribution in [0.5, 0.6) is 0 Å². The molecule has 0 aliphatic carbocycles. The molecule has 1 fully saturated rings. The lowest BCUT2D eigenvalue weighted by Crippen LogP contribution is -2.50. The maximum Gasteiger partial charge on any atom is 0.422 e. The quantitative estimate of drug-likeness (QED) is 0.862. The third kappa shape index (κ3) is 4.00. The number of likely N-dealkylation sites (tertiary alicyclic amines) is 1. The van der Waals surface area contributed by atoms with Gasteiger partial charge in [-0.15, -0.1) is 0 Å². The smallest absolute Gasteiger partial charge is 0.422 e. The average molecular weight is 283 g/mol. The number of rotatable bonds is 3. The van der Waals surface area contributed by atoms with E-state index < -0.39 is 30.3 Å². The number of nitrogens with zero attached hydrogens (tertiary/aromatic N) is 1. The van der Waals surface area contributed by atoms with Gasteiger partial charge in [-0.25, -0.2) is 4.79 Å². The molecule has 0 saturated carbocycles. The summed E-state index contributed by atoms with van der Waals surface area (Å²) in [5.41, 5.74) is -1.09. The number of carbonyl (C=O) groups excluding carboxylic acids is 1. The molecule has 0 spiro atoms. The molecule has 1 aliphatic rings. The Morgan fingerprint density at radius 1 is 1.42 bits per heavy atom. The molecular weight excluding hydrogens is 267 g/mol. The first-order chi connectivity index (χ1) is 8.70. The Kier molecular flexibility index (Phi) is 4.65. The molecule has 0 aromatic carbocycles. The highest BCUT2D eigenvalue weighted by atomic mass is 19.4. The molecule has 1 unspecified atom stereocenters. The van der Waals surface area contributed by atoms with Crippen molar-refractivity contribution in [2.24, 2.45) is 5.41 Å². The van der Waals surface area contributed by atoms with Crippen molar-refractivity contribution in [3.05, 3.63) is 0 Å². The van der Waals surface area contributed by atoms with Gasteiger partial charge in [-0.3, -0.25) is 4.79 Å². The summed E-state index contributed by atoms with van der Waals surface area (Å²) in [5, 5.41) is 9.19. The second-order valence-corrected chi connectivity index (χ2v) is 4.63. The fourth-order valence-corrected chi connectivity index (χ4v) is 2.14. The number of hydrogen-bond donors (Lipinski definition) is 1. The van der Waals surface area contributed by atoms with E-state index in [1.54, 1.807) is 6.92 Å². The molecule has 1 heterocycles. The summed E-state index contributed by atoms with van der Waals surface area (Å²) in [7, 11) is 0. The lowest BCUT2D eigenvalue weighted by molar-refractivity contribution is -0.165. The van der Waals surface area contributed by atoms with Crippen molar-refractivity contribution in [1.82, 2.24) is 4.90 Å². The fraction of sp³-hybridized carbons (Fsp3) is 0.818. The zero-order valence-electron chi connectivity index (χ0n) is 10.5. The Hall–Kier alpha value is -1.47. The number of halogens is 3. The number of aliphatic carboxylic acids is 1. The SMILES string of the molecule is CCC1(C(=O)O)CCCN(C(=O)OCC(F)(F)F)C1. The van der Waals surface area contributed by atoms with Crippen molar-refractivity contribution in [3.63, 3.8) is 0 Å². The van der Waals surface area contributed by atoms with Gasteiger partial charge in [0.1, 0.15) is 0 Å². The summed E-state index contributed by atoms with van der Waals surface area (Å²) >= 11 is 0. The highest BCUT2D eigenvalue weighted by molar-refractivity contribution is 5.77. The molecule has 0 bridgehead atoms. The Bertz CT molecular complexity index is 358. The second kappa shape index (κ2) is 5.66. The van der Waals surface area contributed by atoms with Crippen molar-refractivity contribution in [2.75, 3.05) is 19.7 Å². The fourth-order valence-electron chi connectivity index (χ4n) is 2.14. The van der Waals surface area contributed by atoms with Crippen LogP contribution in [0.15, 0.2) is 0 Å². The number of ether oxygens (including phenoxy) is 1. The minimum atomic E-state index is -4.58. The van der Waals surface area contributed by atoms with Crippen molar-refractivity contribution < 1.29 is 32.6 Å². The van der Waals surface area contributed by atoms with E-state index in [9.17, 15) is 27.9 Å². The number of hydrogen-bond acceptors (Lipinski definition) is 3. The van der Waals surface area contributed by atoms with Crippen molar-refractivity contribution in [1.29, 1.82) is 0 Å². The van der Waals surface area contributed by atoms with Gasteiger partial charge in [-0.2, -0.15) is 13.2 Å². The Morgan fingerprint density at radius 2 is 2.05 bits per heavy atom. The van der Waals surface area contributed by atoms with Gasteiger partial charge in [0.15, 0.2) is 6.61 Å². The predicted molar refractivity (Wildman–Crippen MR) is 58.6 cm³/mol. The summed E-state index contributed by atoms with van der Waals surface area (Å²) in [5.74, 6) is -1.04. The van der Waals surface area contributed by atoms with E-state index in [0.29, 0.717) is 19.3 Å². The van der Waals surface area contributed by atoms with Crippen molar-refractivity contribution in [2.45, 2.75) is 32.4 Å². The first-order valence-corrected chi connectivity index (χ1v) is 5.92. The maximum atomic E-state index is 11.9. The van der Waals surface area contributed by atoms with Gasteiger partial charge in [0.05, 0.1) is 5.41 Å². The number of carboxylic acids is 1. The first-order valence-electron chi connectivity index (χ1n) is 5.92. The zero-order valence-corrected chi connectivity index (χ0v) is 10.5. The summed E-state index contributed by atoms with van der Waals surface area (Å²) in [4.78, 5) is 23.8. The molecule has 8 heteroatoms. The number of piperidine rings is 1. The summed E-state index contributed by atoms with van der Waals surface area (Å²) in [6, 6.07) is 0. The molecule has 5 nitrogen and oxygen atoms in total. The molecule has 1 aliphatic heterocycles. The Labute approximate surface area is 108 Å². The predicted octanol–water partition coefficient (Wildman–Crippen LogP) is 2.26. The van der Waals surface area contributed by atoms with Gasteiger partial charge >= 0.3 is 18.2 Å². The van der Waals surface area contributed by atoms with Gasteiger partial charge in [0, 0.05) is 13.1 Å². The van der Waals surface area contributed by atoms with Crippen LogP contribution in [0.2, 0.25) is 0 Å². The molecule has 0 aromatic rings. The standard InChI is InChI=1S/C11H16F3NO4/c1-2-10(8(16)17)4-3-5-15(6-10)9(18)19-7-11(12,13)14/h2-7H2,1H3,(H,16,17). The third-order valence-corrected chi connectivity index (χ3v) is 3.32. The molecule has 0 radical (unpaired) electrons. The van der Waals surface area contributed by atoms with E-state index in [2.05, 4.69) is 4.74 Å². The molecule has 1 amide bonds. The van der Waals surface area contributed by atoms with Crippen molar-refractivity contribution >= 4 is 12.1 Å². The Balaban J connectivity index is 2.64. The topological polar surface area (TPSA) is 66.8 Å². The van der Waals surface area contributed by atoms with Crippen LogP contribution in [0.1, 0.15) is 26.2 Å². The molecule has 19 heavy (non-hydrogen) atoms. The van der Waals surface area contributed by atoms with Gasteiger partial charge in [0.25, 0.3) is 0 Å². The van der Waals surface area contributed by atoms with Crippen LogP contribution in [0.25, 0.3) is 0 Å². The molecule has 1 rings (SSSR count). The monoisotopic (exact) mass is 283 g/mol. The minimum Gasteiger partial charge on any atom is -0.481 e. The molecule has 110 valence electrons. The van der Waals surface area contributed by atoms with Gasteiger partial charge in [-0.05, 0) is 19.3 Å². The van der Waals surface area contributed by atoms with Gasteiger partial charge in [0.2, 0.25) is 0 Å². The van der Waals surface area contributed by atoms with Crippen LogP contribution >= 0.6 is 0 Å². The van der Waals surface area contributed by atoms with E-state index in [1.807, 2.05) is 0 Å². The van der Waals surface area contributed by atoms with Crippen LogP contribution in [-0.4, -0.2) is 47.9 Å². The zero-order chi connectivity index (χ0) is 14.7. The molecule has 0 aromatic heterocycles. The van der Waals surface area contributed by atoms with Gasteiger partial charge in [-0.1, -0.05) is 6.92 Å². The van der Waals surface area contributed by atoms with Crippen LogP contribution in [-0.2, 0) is 9.53 Å². The minimum absolute atomic E-state index is 0.116. The largest absolute Gasteiger partial charge is 0.481 e. The first kappa shape index (κ1) is 15.6. The highest BCUT2D eigenvalue weighted by Gasteiger charge is 2.43. The van der Waals surface area contributed by atoms with Gasteiger partial charge < -0.3 is 14.7 Å². The second-order valence-electron chi connectivity index (χ2n) is 4.63. The third-order valence-electron chi connectivity index (χ3n) is 3.32. The Morgan fingerprint density at radius 3 is 2.53 bits per heavy atom. The summed E-state index contributed by atoms with van der Waals surface area (Å²) < 4.78 is 40.0. The normalized spacial score (nSPS) is 24.1. The number of alkyl halides is 3. The lowest BCUT2D eigenvalue weighted by Gasteiger charge is -2.38. The van der Waals surface area contributed by atoms with E-state index in [-0.39, 0.29) is 13.1 Å².